The number of thioether (sulfide) groups is 1. The molecule has 5 rings (SSSR count). The number of aromatic nitrogens is 4. The van der Waals surface area contributed by atoms with Crippen LogP contribution in [0.4, 0.5) is 5.82 Å². The number of thiophene rings is 1. The quantitative estimate of drug-likeness (QED) is 0.340. The van der Waals surface area contributed by atoms with Gasteiger partial charge in [0.15, 0.2) is 5.16 Å². The first-order valence-electron chi connectivity index (χ1n) is 10.9. The van der Waals surface area contributed by atoms with E-state index in [-0.39, 0.29) is 17.2 Å². The zero-order valence-electron chi connectivity index (χ0n) is 19.1. The van der Waals surface area contributed by atoms with Gasteiger partial charge >= 0.3 is 0 Å². The molecule has 0 saturated carbocycles. The van der Waals surface area contributed by atoms with Crippen LogP contribution in [-0.2, 0) is 24.7 Å². The summed E-state index contributed by atoms with van der Waals surface area (Å²) in [5, 5.41) is 8.43. The van der Waals surface area contributed by atoms with Crippen molar-refractivity contribution in [3.8, 4) is 5.69 Å². The molecule has 7 nitrogen and oxygen atoms in total. The Morgan fingerprint density at radius 2 is 2.03 bits per heavy atom. The van der Waals surface area contributed by atoms with Crippen molar-refractivity contribution < 1.29 is 4.79 Å². The average Bonchev–Trinajstić information content (AvgIpc) is 3.41. The summed E-state index contributed by atoms with van der Waals surface area (Å²) in [6.07, 6.45) is 3.02. The van der Waals surface area contributed by atoms with Crippen molar-refractivity contribution in [1.29, 1.82) is 0 Å². The SMILES string of the molecule is Cc1ccc(-n2c(SCC(=O)Nc3cc(C)nn3C)nc3sc4c(c3c2=O)CCC4)c(C)c1. The minimum atomic E-state index is -0.168. The minimum absolute atomic E-state index is 0.0449. The van der Waals surface area contributed by atoms with E-state index in [2.05, 4.69) is 16.5 Å². The summed E-state index contributed by atoms with van der Waals surface area (Å²) in [5.74, 6) is 0.610. The first-order valence-corrected chi connectivity index (χ1v) is 12.7. The maximum absolute atomic E-state index is 13.8. The van der Waals surface area contributed by atoms with Gasteiger partial charge in [-0.25, -0.2) is 4.98 Å². The van der Waals surface area contributed by atoms with Crippen molar-refractivity contribution in [2.75, 3.05) is 11.1 Å². The summed E-state index contributed by atoms with van der Waals surface area (Å²) in [6.45, 7) is 5.92. The van der Waals surface area contributed by atoms with Gasteiger partial charge in [-0.3, -0.25) is 18.8 Å². The lowest BCUT2D eigenvalue weighted by atomic mass is 10.1. The second-order valence-electron chi connectivity index (χ2n) is 8.49. The van der Waals surface area contributed by atoms with E-state index in [9.17, 15) is 9.59 Å². The fraction of sp³-hybridized carbons (Fsp3) is 0.333. The number of nitrogens with one attached hydrogen (secondary N) is 1. The molecule has 1 aliphatic rings. The van der Waals surface area contributed by atoms with Gasteiger partial charge in [-0.15, -0.1) is 11.3 Å². The highest BCUT2D eigenvalue weighted by Gasteiger charge is 2.24. The summed E-state index contributed by atoms with van der Waals surface area (Å²) in [4.78, 5) is 33.4. The molecular formula is C24H25N5O2S2. The Hall–Kier alpha value is -2.91. The number of amides is 1. The molecule has 4 aromatic rings. The third kappa shape index (κ3) is 4.00. The van der Waals surface area contributed by atoms with Crippen LogP contribution in [0, 0.1) is 20.8 Å². The molecule has 1 aromatic carbocycles. The van der Waals surface area contributed by atoms with Crippen LogP contribution in [-0.4, -0.2) is 31.0 Å². The van der Waals surface area contributed by atoms with Crippen molar-refractivity contribution in [2.24, 2.45) is 7.05 Å². The standard InChI is InChI=1S/C24H25N5O2S2/c1-13-8-9-17(14(2)10-13)29-23(31)21-16-6-5-7-18(16)33-22(21)26-24(29)32-12-20(30)25-19-11-15(3)27-28(19)4/h8-11H,5-7,12H2,1-4H3,(H,25,30). The third-order valence-electron chi connectivity index (χ3n) is 5.90. The Balaban J connectivity index is 1.55. The predicted octanol–water partition coefficient (Wildman–Crippen LogP) is 4.33. The summed E-state index contributed by atoms with van der Waals surface area (Å²) < 4.78 is 3.33. The van der Waals surface area contributed by atoms with Crippen LogP contribution in [0.5, 0.6) is 0 Å². The van der Waals surface area contributed by atoms with Gasteiger partial charge in [0.05, 0.1) is 22.5 Å². The lowest BCUT2D eigenvalue weighted by molar-refractivity contribution is -0.113. The van der Waals surface area contributed by atoms with Crippen molar-refractivity contribution in [1.82, 2.24) is 19.3 Å². The van der Waals surface area contributed by atoms with Crippen molar-refractivity contribution in [2.45, 2.75) is 45.2 Å². The summed E-state index contributed by atoms with van der Waals surface area (Å²) in [7, 11) is 1.79. The second kappa shape index (κ2) is 8.46. The minimum Gasteiger partial charge on any atom is -0.310 e. The van der Waals surface area contributed by atoms with Gasteiger partial charge in [-0.1, -0.05) is 29.5 Å². The number of fused-ring (bicyclic) bond motifs is 3. The largest absolute Gasteiger partial charge is 0.310 e. The van der Waals surface area contributed by atoms with E-state index < -0.39 is 0 Å². The molecule has 3 aromatic heterocycles. The van der Waals surface area contributed by atoms with Crippen LogP contribution in [0.1, 0.15) is 33.7 Å². The Kier molecular flexibility index (Phi) is 5.62. The van der Waals surface area contributed by atoms with Crippen LogP contribution in [0.15, 0.2) is 34.2 Å². The zero-order valence-corrected chi connectivity index (χ0v) is 20.7. The first kappa shape index (κ1) is 21.9. The Morgan fingerprint density at radius 3 is 2.76 bits per heavy atom. The van der Waals surface area contributed by atoms with Gasteiger partial charge in [0.25, 0.3) is 5.56 Å². The van der Waals surface area contributed by atoms with E-state index in [0.717, 1.165) is 57.6 Å². The van der Waals surface area contributed by atoms with Gasteiger partial charge in [0, 0.05) is 18.0 Å². The number of nitrogens with zero attached hydrogens (tertiary/aromatic N) is 4. The molecule has 1 N–H and O–H groups in total. The number of rotatable bonds is 5. The number of carbonyl (C=O) groups is 1. The van der Waals surface area contributed by atoms with Gasteiger partial charge in [0.2, 0.25) is 5.91 Å². The lowest BCUT2D eigenvalue weighted by Crippen LogP contribution is -2.24. The molecule has 33 heavy (non-hydrogen) atoms. The van der Waals surface area contributed by atoms with Crippen molar-refractivity contribution in [3.63, 3.8) is 0 Å². The molecular weight excluding hydrogens is 454 g/mol. The highest BCUT2D eigenvalue weighted by Crippen LogP contribution is 2.36. The van der Waals surface area contributed by atoms with E-state index >= 15 is 0 Å². The number of anilines is 1. The molecule has 0 spiro atoms. The summed E-state index contributed by atoms with van der Waals surface area (Å²) >= 11 is 2.90. The number of carbonyl (C=O) groups excluding carboxylic acids is 1. The third-order valence-corrected chi connectivity index (χ3v) is 8.03. The second-order valence-corrected chi connectivity index (χ2v) is 10.5. The molecule has 0 saturated heterocycles. The number of aryl methyl sites for hydroxylation is 6. The number of benzene rings is 1. The van der Waals surface area contributed by atoms with E-state index in [1.807, 2.05) is 39.0 Å². The van der Waals surface area contributed by atoms with Crippen LogP contribution in [0.25, 0.3) is 15.9 Å². The molecule has 0 radical (unpaired) electrons. The van der Waals surface area contributed by atoms with Gasteiger partial charge in [-0.2, -0.15) is 5.10 Å². The molecule has 1 amide bonds. The fourth-order valence-corrected chi connectivity index (χ4v) is 6.54. The van der Waals surface area contributed by atoms with E-state index in [1.165, 1.54) is 16.6 Å². The molecule has 0 unspecified atom stereocenters. The number of hydrogen-bond acceptors (Lipinski definition) is 6. The van der Waals surface area contributed by atoms with Crippen molar-refractivity contribution >= 4 is 45.0 Å². The predicted molar refractivity (Wildman–Crippen MR) is 134 cm³/mol. The highest BCUT2D eigenvalue weighted by molar-refractivity contribution is 7.99. The number of hydrogen-bond donors (Lipinski definition) is 1. The molecule has 0 bridgehead atoms. The Labute approximate surface area is 199 Å². The molecule has 0 atom stereocenters. The first-order chi connectivity index (χ1) is 15.8. The van der Waals surface area contributed by atoms with E-state index in [1.54, 1.807) is 27.6 Å². The normalized spacial score (nSPS) is 13.0. The van der Waals surface area contributed by atoms with E-state index in [4.69, 9.17) is 4.98 Å². The fourth-order valence-electron chi connectivity index (χ4n) is 4.43. The smallest absolute Gasteiger partial charge is 0.267 e. The van der Waals surface area contributed by atoms with Crippen LogP contribution < -0.4 is 10.9 Å². The van der Waals surface area contributed by atoms with Crippen LogP contribution >= 0.6 is 23.1 Å². The monoisotopic (exact) mass is 479 g/mol. The molecule has 0 aliphatic heterocycles. The molecule has 170 valence electrons. The molecule has 3 heterocycles. The molecule has 9 heteroatoms. The van der Waals surface area contributed by atoms with Crippen LogP contribution in [0.2, 0.25) is 0 Å². The average molecular weight is 480 g/mol. The topological polar surface area (TPSA) is 81.8 Å². The van der Waals surface area contributed by atoms with Gasteiger partial charge in [0.1, 0.15) is 10.6 Å². The zero-order chi connectivity index (χ0) is 23.3. The summed E-state index contributed by atoms with van der Waals surface area (Å²) in [6, 6.07) is 7.86. The Morgan fingerprint density at radius 1 is 1.21 bits per heavy atom. The van der Waals surface area contributed by atoms with Crippen LogP contribution in [0.3, 0.4) is 0 Å². The highest BCUT2D eigenvalue weighted by atomic mass is 32.2. The maximum Gasteiger partial charge on any atom is 0.267 e. The van der Waals surface area contributed by atoms with Gasteiger partial charge < -0.3 is 5.32 Å². The molecule has 1 aliphatic carbocycles. The Bertz CT molecular complexity index is 1460. The van der Waals surface area contributed by atoms with E-state index in [0.29, 0.717) is 11.0 Å². The van der Waals surface area contributed by atoms with Crippen molar-refractivity contribution in [3.05, 3.63) is 61.9 Å². The maximum atomic E-state index is 13.8. The summed E-state index contributed by atoms with van der Waals surface area (Å²) in [5.41, 5.74) is 4.89. The van der Waals surface area contributed by atoms with Gasteiger partial charge in [-0.05, 0) is 57.2 Å². The lowest BCUT2D eigenvalue weighted by Gasteiger charge is -2.15. The molecule has 0 fully saturated rings.